The zero-order chi connectivity index (χ0) is 11.7. The van der Waals surface area contributed by atoms with Gasteiger partial charge >= 0.3 is 0 Å². The zero-order valence-corrected chi connectivity index (χ0v) is 9.32. The van der Waals surface area contributed by atoms with E-state index in [2.05, 4.69) is 0 Å². The molecule has 3 fully saturated rings. The number of hydrogen-bond acceptors (Lipinski definition) is 7. The van der Waals surface area contributed by atoms with Gasteiger partial charge in [-0.15, -0.1) is 0 Å². The SMILES string of the molecule is O[C@@H]([C@@H]1OCO[C@@H]1[C@H]1COCO1)[C@@H]1COCO1. The maximum absolute atomic E-state index is 10.2. The molecule has 0 radical (unpaired) electrons. The lowest BCUT2D eigenvalue weighted by Crippen LogP contribution is -2.48. The quantitative estimate of drug-likeness (QED) is 0.674. The molecular formula is C10H16O7. The lowest BCUT2D eigenvalue weighted by atomic mass is 10.00. The second-order valence-corrected chi connectivity index (χ2v) is 4.26. The van der Waals surface area contributed by atoms with Crippen LogP contribution in [-0.4, -0.2) is 69.2 Å². The topological polar surface area (TPSA) is 75.6 Å². The molecule has 0 spiro atoms. The Balaban J connectivity index is 1.63. The maximum Gasteiger partial charge on any atom is 0.148 e. The summed E-state index contributed by atoms with van der Waals surface area (Å²) in [7, 11) is 0. The molecule has 7 nitrogen and oxygen atoms in total. The van der Waals surface area contributed by atoms with Gasteiger partial charge in [0.15, 0.2) is 0 Å². The van der Waals surface area contributed by atoms with Gasteiger partial charge in [0.25, 0.3) is 0 Å². The molecule has 0 aromatic carbocycles. The first kappa shape index (κ1) is 11.8. The summed E-state index contributed by atoms with van der Waals surface area (Å²) in [6.45, 7) is 1.45. The molecule has 3 rings (SSSR count). The van der Waals surface area contributed by atoms with Crippen LogP contribution in [0.3, 0.4) is 0 Å². The molecule has 0 aliphatic carbocycles. The van der Waals surface area contributed by atoms with E-state index in [-0.39, 0.29) is 38.7 Å². The first-order chi connectivity index (χ1) is 8.36. The van der Waals surface area contributed by atoms with Crippen LogP contribution in [0.4, 0.5) is 0 Å². The fourth-order valence-corrected chi connectivity index (χ4v) is 2.29. The van der Waals surface area contributed by atoms with Gasteiger partial charge in [-0.1, -0.05) is 0 Å². The number of hydrogen-bond donors (Lipinski definition) is 1. The van der Waals surface area contributed by atoms with Crippen LogP contribution in [0.15, 0.2) is 0 Å². The molecule has 0 saturated carbocycles. The van der Waals surface area contributed by atoms with Gasteiger partial charge in [0, 0.05) is 0 Å². The summed E-state index contributed by atoms with van der Waals surface area (Å²) in [6, 6.07) is 0. The van der Waals surface area contributed by atoms with Crippen LogP contribution in [0.2, 0.25) is 0 Å². The molecule has 17 heavy (non-hydrogen) atoms. The molecule has 0 aromatic rings. The molecule has 1 N–H and O–H groups in total. The average molecular weight is 248 g/mol. The molecule has 3 aliphatic heterocycles. The van der Waals surface area contributed by atoms with Gasteiger partial charge < -0.3 is 33.5 Å². The summed E-state index contributed by atoms with van der Waals surface area (Å²) < 4.78 is 31.7. The van der Waals surface area contributed by atoms with Crippen LogP contribution in [0.5, 0.6) is 0 Å². The Morgan fingerprint density at radius 1 is 0.882 bits per heavy atom. The summed E-state index contributed by atoms with van der Waals surface area (Å²) in [6.07, 6.45) is -2.13. The molecule has 3 heterocycles. The van der Waals surface area contributed by atoms with Gasteiger partial charge in [-0.25, -0.2) is 0 Å². The van der Waals surface area contributed by atoms with Crippen molar-refractivity contribution in [3.63, 3.8) is 0 Å². The van der Waals surface area contributed by atoms with E-state index in [0.29, 0.717) is 13.2 Å². The molecule has 0 bridgehead atoms. The Labute approximate surface area is 98.5 Å². The third-order valence-corrected chi connectivity index (χ3v) is 3.22. The van der Waals surface area contributed by atoms with E-state index < -0.39 is 12.2 Å². The van der Waals surface area contributed by atoms with Crippen molar-refractivity contribution in [1.82, 2.24) is 0 Å². The van der Waals surface area contributed by atoms with Crippen molar-refractivity contribution >= 4 is 0 Å². The highest BCUT2D eigenvalue weighted by molar-refractivity contribution is 4.91. The normalized spacial score (nSPS) is 44.3. The average Bonchev–Trinajstić information content (AvgIpc) is 3.09. The van der Waals surface area contributed by atoms with Crippen molar-refractivity contribution < 1.29 is 33.5 Å². The van der Waals surface area contributed by atoms with Gasteiger partial charge in [-0.2, -0.15) is 0 Å². The highest BCUT2D eigenvalue weighted by Crippen LogP contribution is 2.26. The zero-order valence-electron chi connectivity index (χ0n) is 9.32. The fourth-order valence-electron chi connectivity index (χ4n) is 2.29. The van der Waals surface area contributed by atoms with Crippen LogP contribution in [0.25, 0.3) is 0 Å². The molecular weight excluding hydrogens is 232 g/mol. The highest BCUT2D eigenvalue weighted by Gasteiger charge is 2.45. The van der Waals surface area contributed by atoms with Gasteiger partial charge in [0.1, 0.15) is 50.9 Å². The lowest BCUT2D eigenvalue weighted by Gasteiger charge is -2.27. The van der Waals surface area contributed by atoms with Crippen LogP contribution >= 0.6 is 0 Å². The lowest BCUT2D eigenvalue weighted by molar-refractivity contribution is -0.0899. The smallest absolute Gasteiger partial charge is 0.148 e. The first-order valence-corrected chi connectivity index (χ1v) is 5.66. The van der Waals surface area contributed by atoms with Gasteiger partial charge in [0.05, 0.1) is 13.2 Å². The summed E-state index contributed by atoms with van der Waals surface area (Å²) in [5, 5.41) is 10.2. The number of aliphatic hydroxyl groups is 1. The Kier molecular flexibility index (Phi) is 3.57. The van der Waals surface area contributed by atoms with Gasteiger partial charge in [0.2, 0.25) is 0 Å². The van der Waals surface area contributed by atoms with E-state index in [4.69, 9.17) is 28.4 Å². The summed E-state index contributed by atoms with van der Waals surface area (Å²) in [5.74, 6) is 0. The Morgan fingerprint density at radius 3 is 2.41 bits per heavy atom. The Morgan fingerprint density at radius 2 is 1.71 bits per heavy atom. The molecule has 0 amide bonds. The summed E-state index contributed by atoms with van der Waals surface area (Å²) >= 11 is 0. The second kappa shape index (κ2) is 5.15. The van der Waals surface area contributed by atoms with E-state index in [1.807, 2.05) is 0 Å². The van der Waals surface area contributed by atoms with Crippen molar-refractivity contribution in [3.05, 3.63) is 0 Å². The molecule has 5 atom stereocenters. The van der Waals surface area contributed by atoms with Crippen molar-refractivity contribution in [1.29, 1.82) is 0 Å². The van der Waals surface area contributed by atoms with E-state index in [9.17, 15) is 5.11 Å². The van der Waals surface area contributed by atoms with Crippen molar-refractivity contribution in [2.24, 2.45) is 0 Å². The molecule has 3 saturated heterocycles. The van der Waals surface area contributed by atoms with Crippen LogP contribution < -0.4 is 0 Å². The minimum absolute atomic E-state index is 0.153. The molecule has 98 valence electrons. The van der Waals surface area contributed by atoms with Crippen LogP contribution in [-0.2, 0) is 28.4 Å². The minimum Gasteiger partial charge on any atom is -0.387 e. The predicted molar refractivity (Wildman–Crippen MR) is 52.0 cm³/mol. The van der Waals surface area contributed by atoms with E-state index in [1.54, 1.807) is 0 Å². The van der Waals surface area contributed by atoms with Gasteiger partial charge in [-0.3, -0.25) is 0 Å². The van der Waals surface area contributed by atoms with E-state index in [1.165, 1.54) is 0 Å². The summed E-state index contributed by atoms with van der Waals surface area (Å²) in [4.78, 5) is 0. The standard InChI is InChI=1S/C10H16O7/c11-8(6-1-12-3-14-6)10-9(16-5-17-10)7-2-13-4-15-7/h6-11H,1-5H2/t6-,7+,8+,9+,10-/m0/s1. The van der Waals surface area contributed by atoms with Crippen molar-refractivity contribution in [2.75, 3.05) is 33.6 Å². The molecule has 7 heteroatoms. The monoisotopic (exact) mass is 248 g/mol. The fraction of sp³-hybridized carbons (Fsp3) is 1.00. The number of ether oxygens (including phenoxy) is 6. The van der Waals surface area contributed by atoms with Gasteiger partial charge in [-0.05, 0) is 0 Å². The molecule has 3 aliphatic rings. The molecule has 0 aromatic heterocycles. The number of aliphatic hydroxyl groups excluding tert-OH is 1. The summed E-state index contributed by atoms with van der Waals surface area (Å²) in [5.41, 5.74) is 0. The predicted octanol–water partition coefficient (Wildman–Crippen LogP) is -1.17. The van der Waals surface area contributed by atoms with E-state index in [0.717, 1.165) is 0 Å². The third-order valence-electron chi connectivity index (χ3n) is 3.22. The Bertz CT molecular complexity index is 249. The van der Waals surface area contributed by atoms with Crippen LogP contribution in [0, 0.1) is 0 Å². The van der Waals surface area contributed by atoms with Crippen molar-refractivity contribution in [3.8, 4) is 0 Å². The largest absolute Gasteiger partial charge is 0.387 e. The van der Waals surface area contributed by atoms with Crippen LogP contribution in [0.1, 0.15) is 0 Å². The third kappa shape index (κ3) is 2.32. The van der Waals surface area contributed by atoms with E-state index >= 15 is 0 Å². The Hall–Kier alpha value is -0.280. The number of rotatable bonds is 3. The first-order valence-electron chi connectivity index (χ1n) is 5.66. The molecule has 0 unspecified atom stereocenters. The van der Waals surface area contributed by atoms with Crippen molar-refractivity contribution in [2.45, 2.75) is 30.5 Å². The minimum atomic E-state index is -0.783. The second-order valence-electron chi connectivity index (χ2n) is 4.26. The maximum atomic E-state index is 10.2. The highest BCUT2D eigenvalue weighted by atomic mass is 16.8.